The van der Waals surface area contributed by atoms with E-state index < -0.39 is 36.3 Å². The highest BCUT2D eigenvalue weighted by Crippen LogP contribution is 2.25. The summed E-state index contributed by atoms with van der Waals surface area (Å²) in [6.07, 6.45) is 0. The smallest absolute Gasteiger partial charge is 0.332 e. The van der Waals surface area contributed by atoms with E-state index in [4.69, 9.17) is 5.73 Å². The predicted molar refractivity (Wildman–Crippen MR) is 82.4 cm³/mol. The third-order valence-corrected chi connectivity index (χ3v) is 3.52. The van der Waals surface area contributed by atoms with Crippen molar-refractivity contribution in [3.8, 4) is 0 Å². The minimum atomic E-state index is -0.702. The molecule has 1 atom stereocenters. The van der Waals surface area contributed by atoms with Crippen molar-refractivity contribution < 1.29 is 19.2 Å². The van der Waals surface area contributed by atoms with Crippen LogP contribution in [-0.4, -0.2) is 47.8 Å². The Kier molecular flexibility index (Phi) is 4.63. The lowest BCUT2D eigenvalue weighted by atomic mass is 10.2. The molecule has 3 N–H and O–H groups in total. The summed E-state index contributed by atoms with van der Waals surface area (Å²) in [7, 11) is 0. The standard InChI is InChI=1S/C15H18N4O4/c1-9-3-5-11(6-4-9)19-10(2)14(22)18(15(19)23)8-13(21)17-7-12(16)20/h3-6,10H,7-8H2,1-2H3,(H2,16,20)(H,17,21)/t10-/m1/s1. The third-order valence-electron chi connectivity index (χ3n) is 3.52. The fourth-order valence-corrected chi connectivity index (χ4v) is 2.30. The summed E-state index contributed by atoms with van der Waals surface area (Å²) in [6.45, 7) is 2.73. The second-order valence-electron chi connectivity index (χ2n) is 5.33. The molecule has 0 bridgehead atoms. The van der Waals surface area contributed by atoms with Gasteiger partial charge in [-0.25, -0.2) is 4.79 Å². The van der Waals surface area contributed by atoms with E-state index >= 15 is 0 Å². The van der Waals surface area contributed by atoms with Gasteiger partial charge in [-0.2, -0.15) is 0 Å². The Morgan fingerprint density at radius 3 is 2.39 bits per heavy atom. The lowest BCUT2D eigenvalue weighted by Gasteiger charge is -2.19. The Morgan fingerprint density at radius 2 is 1.83 bits per heavy atom. The molecule has 23 heavy (non-hydrogen) atoms. The number of hydrogen-bond donors (Lipinski definition) is 2. The summed E-state index contributed by atoms with van der Waals surface area (Å²) >= 11 is 0. The van der Waals surface area contributed by atoms with Crippen LogP contribution in [0.3, 0.4) is 0 Å². The molecule has 1 aliphatic heterocycles. The topological polar surface area (TPSA) is 113 Å². The molecule has 1 fully saturated rings. The van der Waals surface area contributed by atoms with Gasteiger partial charge in [-0.3, -0.25) is 24.2 Å². The average Bonchev–Trinajstić information content (AvgIpc) is 2.70. The van der Waals surface area contributed by atoms with Crippen molar-refractivity contribution in [2.24, 2.45) is 5.73 Å². The first-order valence-corrected chi connectivity index (χ1v) is 7.07. The second-order valence-corrected chi connectivity index (χ2v) is 5.33. The van der Waals surface area contributed by atoms with Gasteiger partial charge in [0, 0.05) is 5.69 Å². The SMILES string of the molecule is Cc1ccc(N2C(=O)N(CC(=O)NCC(N)=O)C(=O)[C@H]2C)cc1. The van der Waals surface area contributed by atoms with E-state index in [-0.39, 0.29) is 6.54 Å². The predicted octanol–water partition coefficient (Wildman–Crippen LogP) is -0.246. The van der Waals surface area contributed by atoms with Crippen molar-refractivity contribution >= 4 is 29.4 Å². The zero-order chi connectivity index (χ0) is 17.1. The van der Waals surface area contributed by atoms with Gasteiger partial charge in [0.05, 0.1) is 6.54 Å². The fraction of sp³-hybridized carbons (Fsp3) is 0.333. The van der Waals surface area contributed by atoms with Crippen LogP contribution in [0.15, 0.2) is 24.3 Å². The highest BCUT2D eigenvalue weighted by molar-refractivity contribution is 6.15. The van der Waals surface area contributed by atoms with Crippen LogP contribution in [0.1, 0.15) is 12.5 Å². The van der Waals surface area contributed by atoms with Crippen molar-refractivity contribution in [1.29, 1.82) is 0 Å². The van der Waals surface area contributed by atoms with Gasteiger partial charge in [-0.05, 0) is 26.0 Å². The molecule has 0 unspecified atom stereocenters. The molecule has 1 aromatic rings. The number of primary amides is 1. The third kappa shape index (κ3) is 3.47. The summed E-state index contributed by atoms with van der Waals surface area (Å²) in [5, 5.41) is 2.25. The van der Waals surface area contributed by atoms with E-state index in [1.807, 2.05) is 19.1 Å². The number of nitrogens with two attached hydrogens (primary N) is 1. The van der Waals surface area contributed by atoms with E-state index in [9.17, 15) is 19.2 Å². The summed E-state index contributed by atoms with van der Waals surface area (Å²) in [4.78, 5) is 49.2. The van der Waals surface area contributed by atoms with Crippen LogP contribution >= 0.6 is 0 Å². The summed E-state index contributed by atoms with van der Waals surface area (Å²) in [5.41, 5.74) is 6.54. The van der Waals surface area contributed by atoms with Gasteiger partial charge < -0.3 is 11.1 Å². The Hall–Kier alpha value is -2.90. The Bertz CT molecular complexity index is 656. The van der Waals surface area contributed by atoms with E-state index in [2.05, 4.69) is 5.32 Å². The quantitative estimate of drug-likeness (QED) is 0.729. The number of carbonyl (C=O) groups excluding carboxylic acids is 4. The molecule has 0 aromatic heterocycles. The number of hydrogen-bond acceptors (Lipinski definition) is 4. The molecule has 1 aromatic carbocycles. The van der Waals surface area contributed by atoms with Gasteiger partial charge in [0.2, 0.25) is 11.8 Å². The summed E-state index contributed by atoms with van der Waals surface area (Å²) in [5.74, 6) is -1.79. The van der Waals surface area contributed by atoms with Crippen LogP contribution < -0.4 is 16.0 Å². The number of nitrogens with zero attached hydrogens (tertiary/aromatic N) is 2. The lowest BCUT2D eigenvalue weighted by molar-refractivity contribution is -0.132. The Labute approximate surface area is 133 Å². The lowest BCUT2D eigenvalue weighted by Crippen LogP contribution is -2.43. The first-order chi connectivity index (χ1) is 10.8. The van der Waals surface area contributed by atoms with Crippen molar-refractivity contribution in [3.63, 3.8) is 0 Å². The van der Waals surface area contributed by atoms with Gasteiger partial charge in [-0.1, -0.05) is 17.7 Å². The molecular weight excluding hydrogens is 300 g/mol. The molecule has 0 radical (unpaired) electrons. The van der Waals surface area contributed by atoms with E-state index in [0.717, 1.165) is 10.5 Å². The zero-order valence-corrected chi connectivity index (χ0v) is 12.9. The fourth-order valence-electron chi connectivity index (χ4n) is 2.30. The van der Waals surface area contributed by atoms with Crippen LogP contribution in [0.25, 0.3) is 0 Å². The number of carbonyl (C=O) groups is 4. The van der Waals surface area contributed by atoms with Crippen molar-refractivity contribution in [2.45, 2.75) is 19.9 Å². The van der Waals surface area contributed by atoms with Crippen molar-refractivity contribution in [2.75, 3.05) is 18.0 Å². The highest BCUT2D eigenvalue weighted by Gasteiger charge is 2.43. The number of nitrogens with one attached hydrogen (secondary N) is 1. The number of rotatable bonds is 5. The molecule has 0 saturated carbocycles. The largest absolute Gasteiger partial charge is 0.368 e. The minimum absolute atomic E-state index is 0.341. The Balaban J connectivity index is 2.13. The first-order valence-electron chi connectivity index (χ1n) is 7.07. The highest BCUT2D eigenvalue weighted by atomic mass is 16.2. The molecule has 1 aliphatic rings. The zero-order valence-electron chi connectivity index (χ0n) is 12.9. The summed E-state index contributed by atoms with van der Waals surface area (Å²) < 4.78 is 0. The van der Waals surface area contributed by atoms with Crippen LogP contribution in [0.4, 0.5) is 10.5 Å². The van der Waals surface area contributed by atoms with E-state index in [1.54, 1.807) is 19.1 Å². The van der Waals surface area contributed by atoms with Gasteiger partial charge in [0.25, 0.3) is 5.91 Å². The monoisotopic (exact) mass is 318 g/mol. The molecular formula is C15H18N4O4. The van der Waals surface area contributed by atoms with E-state index in [1.165, 1.54) is 4.90 Å². The molecule has 1 heterocycles. The molecule has 122 valence electrons. The maximum Gasteiger partial charge on any atom is 0.332 e. The molecule has 0 spiro atoms. The molecule has 5 amide bonds. The molecule has 0 aliphatic carbocycles. The first kappa shape index (κ1) is 16.5. The number of imide groups is 1. The average molecular weight is 318 g/mol. The number of urea groups is 1. The number of benzene rings is 1. The van der Waals surface area contributed by atoms with Gasteiger partial charge >= 0.3 is 6.03 Å². The summed E-state index contributed by atoms with van der Waals surface area (Å²) in [6, 6.07) is 5.89. The maximum absolute atomic E-state index is 12.4. The molecule has 2 rings (SSSR count). The maximum atomic E-state index is 12.4. The van der Waals surface area contributed by atoms with Gasteiger partial charge in [-0.15, -0.1) is 0 Å². The van der Waals surface area contributed by atoms with Crippen LogP contribution in [0, 0.1) is 6.92 Å². The molecule has 1 saturated heterocycles. The molecule has 8 nitrogen and oxygen atoms in total. The van der Waals surface area contributed by atoms with Crippen LogP contribution in [-0.2, 0) is 14.4 Å². The normalized spacial score (nSPS) is 17.6. The van der Waals surface area contributed by atoms with Crippen molar-refractivity contribution in [1.82, 2.24) is 10.2 Å². The van der Waals surface area contributed by atoms with Crippen LogP contribution in [0.5, 0.6) is 0 Å². The minimum Gasteiger partial charge on any atom is -0.368 e. The molecule has 8 heteroatoms. The number of aryl methyl sites for hydroxylation is 1. The van der Waals surface area contributed by atoms with Crippen molar-refractivity contribution in [3.05, 3.63) is 29.8 Å². The van der Waals surface area contributed by atoms with Crippen LogP contribution in [0.2, 0.25) is 0 Å². The van der Waals surface area contributed by atoms with Gasteiger partial charge in [0.15, 0.2) is 0 Å². The second kappa shape index (κ2) is 6.47. The number of amides is 5. The van der Waals surface area contributed by atoms with E-state index in [0.29, 0.717) is 5.69 Å². The number of anilines is 1. The Morgan fingerprint density at radius 1 is 1.22 bits per heavy atom. The van der Waals surface area contributed by atoms with Gasteiger partial charge in [0.1, 0.15) is 12.6 Å².